The van der Waals surface area contributed by atoms with Gasteiger partial charge in [0.1, 0.15) is 11.6 Å². The van der Waals surface area contributed by atoms with Crippen LogP contribution in [0, 0.1) is 26.8 Å². The summed E-state index contributed by atoms with van der Waals surface area (Å²) in [4.78, 5) is 9.75. The van der Waals surface area contributed by atoms with Crippen molar-refractivity contribution < 1.29 is 52.2 Å². The van der Waals surface area contributed by atoms with E-state index in [1.807, 2.05) is 115 Å². The van der Waals surface area contributed by atoms with Gasteiger partial charge in [0.2, 0.25) is 0 Å². The van der Waals surface area contributed by atoms with E-state index in [2.05, 4.69) is 11.1 Å². The molecule has 10 rings (SSSR count). The van der Waals surface area contributed by atoms with Crippen LogP contribution in [0.2, 0.25) is 0 Å². The predicted molar refractivity (Wildman–Crippen MR) is 270 cm³/mol. The summed E-state index contributed by atoms with van der Waals surface area (Å²) in [7, 11) is 0. The van der Waals surface area contributed by atoms with Crippen molar-refractivity contribution in [3.05, 3.63) is 216 Å². The number of pyridine rings is 1. The van der Waals surface area contributed by atoms with Gasteiger partial charge in [-0.05, 0) is 112 Å². The van der Waals surface area contributed by atoms with Gasteiger partial charge in [0.15, 0.2) is 0 Å². The quantitative estimate of drug-likeness (QED) is 0.154. The van der Waals surface area contributed by atoms with Crippen molar-refractivity contribution in [1.82, 2.24) is 14.5 Å². The van der Waals surface area contributed by atoms with Crippen molar-refractivity contribution in [3.63, 3.8) is 0 Å². The molecule has 2 heterocycles. The van der Waals surface area contributed by atoms with E-state index in [1.54, 1.807) is 49.4 Å². The molecule has 8 aromatic carbocycles. The fourth-order valence-corrected chi connectivity index (χ4v) is 8.19. The van der Waals surface area contributed by atoms with E-state index in [0.29, 0.717) is 72.4 Å². The summed E-state index contributed by atoms with van der Waals surface area (Å²) >= 11 is 0. The van der Waals surface area contributed by atoms with E-state index in [-0.39, 0.29) is 49.5 Å². The standard InChI is InChI=1S/C61H50N3O.Pt/c1-39-31-41(3)59(65)54(32-39)60-63-58-51(23-16-24-56(58)64(60)57-38-52(44-19-12-8-13-20-44)40(2)33-53(57)45-21-14-9-15-22-45)48-34-47(42-17-10-7-11-18-42)35-49(36-48)55-37-46(29-30-62-55)43-25-27-50(28-26-43)61(4,5)6;/h7-35,37-38,65H,1-6H3;/q-1;/i2D3,4D3,5D3,6D3,25D,26D,27D,28D,29D,30D,37D;. The van der Waals surface area contributed by atoms with Gasteiger partial charge in [-0.25, -0.2) is 4.98 Å². The molecule has 0 aliphatic heterocycles. The Kier molecular flexibility index (Phi) is 7.31. The van der Waals surface area contributed by atoms with Crippen LogP contribution in [-0.4, -0.2) is 19.6 Å². The molecule has 66 heavy (non-hydrogen) atoms. The summed E-state index contributed by atoms with van der Waals surface area (Å²) in [6, 6.07) is 40.2. The zero-order valence-electron chi connectivity index (χ0n) is 54.5. The first-order chi connectivity index (χ1) is 39.4. The summed E-state index contributed by atoms with van der Waals surface area (Å²) in [6.45, 7) is -10.8. The largest absolute Gasteiger partial charge is 0.507 e. The van der Waals surface area contributed by atoms with Gasteiger partial charge in [-0.3, -0.25) is 9.55 Å². The molecule has 4 nitrogen and oxygen atoms in total. The van der Waals surface area contributed by atoms with E-state index >= 15 is 0 Å². The number of rotatable bonds is 8. The van der Waals surface area contributed by atoms with Crippen molar-refractivity contribution in [3.8, 4) is 89.7 Å². The number of aryl methyl sites for hydroxylation is 3. The van der Waals surface area contributed by atoms with E-state index in [4.69, 9.17) is 26.9 Å². The molecule has 0 bridgehead atoms. The summed E-state index contributed by atoms with van der Waals surface area (Å²) in [6.07, 6.45) is -0.800. The first-order valence-corrected chi connectivity index (χ1v) is 20.7. The van der Waals surface area contributed by atoms with Gasteiger partial charge in [0, 0.05) is 54.9 Å². The third-order valence-electron chi connectivity index (χ3n) is 11.3. The molecule has 0 saturated heterocycles. The summed E-state index contributed by atoms with van der Waals surface area (Å²) in [5.74, 6) is 0.224. The maximum atomic E-state index is 12.0. The molecule has 5 heteroatoms. The minimum absolute atomic E-state index is 0. The number of benzene rings is 8. The van der Waals surface area contributed by atoms with Crippen LogP contribution in [-0.2, 0) is 26.5 Å². The predicted octanol–water partition coefficient (Wildman–Crippen LogP) is 15.8. The Balaban J connectivity index is 0.00000865. The zero-order chi connectivity index (χ0) is 60.9. The molecule has 0 fully saturated rings. The fraction of sp³-hybridized carbons (Fsp3) is 0.115. The minimum atomic E-state index is -3.96. The first-order valence-electron chi connectivity index (χ1n) is 30.2. The number of nitrogens with zero attached hydrogens (tertiary/aromatic N) is 3. The Hall–Kier alpha value is -7.13. The number of phenolic OH excluding ortho intramolecular Hbond substituents is 1. The van der Waals surface area contributed by atoms with Crippen molar-refractivity contribution in [1.29, 1.82) is 0 Å². The van der Waals surface area contributed by atoms with Crippen molar-refractivity contribution >= 4 is 11.0 Å². The minimum Gasteiger partial charge on any atom is -0.507 e. The number of hydrogen-bond donors (Lipinski definition) is 1. The van der Waals surface area contributed by atoms with Crippen molar-refractivity contribution in [2.24, 2.45) is 0 Å². The van der Waals surface area contributed by atoms with Crippen LogP contribution in [0.5, 0.6) is 5.75 Å². The normalized spacial score (nSPS) is 16.4. The van der Waals surface area contributed by atoms with Gasteiger partial charge in [-0.1, -0.05) is 177 Å². The number of fused-ring (bicyclic) bond motifs is 1. The smallest absolute Gasteiger partial charge is 0.148 e. The van der Waals surface area contributed by atoms with Gasteiger partial charge in [-0.2, -0.15) is 0 Å². The average molecular weight is 1060 g/mol. The van der Waals surface area contributed by atoms with Crippen LogP contribution in [0.15, 0.2) is 188 Å². The molecule has 2 aromatic heterocycles. The van der Waals surface area contributed by atoms with E-state index in [0.717, 1.165) is 5.56 Å². The van der Waals surface area contributed by atoms with Gasteiger partial charge in [-0.15, -0.1) is 23.8 Å². The average Bonchev–Trinajstić information content (AvgIpc) is 1.23. The van der Waals surface area contributed by atoms with Crippen molar-refractivity contribution in [2.45, 2.75) is 46.7 Å². The Morgan fingerprint density at radius 1 is 0.591 bits per heavy atom. The fourth-order valence-electron chi connectivity index (χ4n) is 8.19. The third-order valence-corrected chi connectivity index (χ3v) is 11.3. The number of aromatic nitrogens is 3. The van der Waals surface area contributed by atoms with Crippen LogP contribution in [0.3, 0.4) is 0 Å². The molecule has 0 radical (unpaired) electrons. The van der Waals surface area contributed by atoms with Gasteiger partial charge >= 0.3 is 0 Å². The maximum Gasteiger partial charge on any atom is 0.148 e. The third kappa shape index (κ3) is 8.46. The molecule has 0 spiro atoms. The summed E-state index contributed by atoms with van der Waals surface area (Å²) < 4.78 is 167. The molecule has 326 valence electrons. The number of phenols is 1. The molecule has 0 unspecified atom stereocenters. The van der Waals surface area contributed by atoms with Crippen LogP contribution in [0.1, 0.15) is 68.9 Å². The van der Waals surface area contributed by atoms with Gasteiger partial charge < -0.3 is 5.11 Å². The summed E-state index contributed by atoms with van der Waals surface area (Å²) in [5.41, 5.74) is 0.314. The van der Waals surface area contributed by atoms with E-state index in [9.17, 15) is 9.22 Å². The topological polar surface area (TPSA) is 50.9 Å². The van der Waals surface area contributed by atoms with Crippen LogP contribution >= 0.6 is 0 Å². The Labute approximate surface area is 429 Å². The molecule has 0 amide bonds. The van der Waals surface area contributed by atoms with Gasteiger partial charge in [0.25, 0.3) is 0 Å². The van der Waals surface area contributed by atoms with Crippen LogP contribution in [0.4, 0.5) is 0 Å². The number of imidazole rings is 1. The molecule has 0 atom stereocenters. The number of hydrogen-bond acceptors (Lipinski definition) is 3. The van der Waals surface area contributed by atoms with E-state index < -0.39 is 91.9 Å². The second-order valence-corrected chi connectivity index (χ2v) is 15.8. The van der Waals surface area contributed by atoms with Gasteiger partial charge in [0.05, 0.1) is 31.9 Å². The van der Waals surface area contributed by atoms with Crippen LogP contribution < -0.4 is 0 Å². The Morgan fingerprint density at radius 3 is 1.94 bits per heavy atom. The number of aromatic hydroxyl groups is 1. The molecule has 0 saturated carbocycles. The molecule has 0 aliphatic carbocycles. The second kappa shape index (κ2) is 18.0. The SMILES string of the molecule is [2H]c1nc(-c2[c-]c(-c3cccc4c3nc(-c3cc(C)cc(C)c3O)n4-c3cc(-c4ccccc4)c(C([2H])([2H])[2H])cc3-c3ccccc3)cc(-c3ccccc3)c2)c([2H])c(-c2c([2H])c([2H])c(C(C([2H])([2H])[2H])(C([2H])([2H])[2H])C([2H])([2H])[2H])c([2H])c2[2H])c1[2H].[Pt]. The molecule has 0 aliphatic rings. The zero-order valence-corrected chi connectivity index (χ0v) is 37.7. The molecule has 1 N–H and O–H groups in total. The molecular formula is C61H50N3OPt-. The molecule has 10 aromatic rings. The van der Waals surface area contributed by atoms with Crippen LogP contribution in [0.25, 0.3) is 95.0 Å². The number of para-hydroxylation sites is 1. The molecular weight excluding hydrogens is 986 g/mol. The first kappa shape index (κ1) is 26.7. The summed E-state index contributed by atoms with van der Waals surface area (Å²) in [5, 5.41) is 12.0. The Bertz CT molecular complexity index is 4190. The van der Waals surface area contributed by atoms with Crippen molar-refractivity contribution in [2.75, 3.05) is 0 Å². The second-order valence-electron chi connectivity index (χ2n) is 15.8. The monoisotopic (exact) mass is 1050 g/mol. The Morgan fingerprint density at radius 2 is 1.26 bits per heavy atom. The maximum absolute atomic E-state index is 12.0. The van der Waals surface area contributed by atoms with E-state index in [1.165, 1.54) is 0 Å².